The molecule has 2 aromatic heterocycles. The minimum atomic E-state index is -0.276. The maximum atomic E-state index is 12.1. The molecule has 1 fully saturated rings. The van der Waals surface area contributed by atoms with Crippen LogP contribution in [0.2, 0.25) is 5.02 Å². The first-order valence-corrected chi connectivity index (χ1v) is 13.4. The lowest BCUT2D eigenvalue weighted by atomic mass is 9.96. The highest BCUT2D eigenvalue weighted by atomic mass is 35.5. The Labute approximate surface area is 238 Å². The number of aromatic nitrogens is 2. The zero-order chi connectivity index (χ0) is 27.7. The number of amides is 1. The molecule has 0 aliphatic carbocycles. The van der Waals surface area contributed by atoms with Gasteiger partial charge in [-0.25, -0.2) is 0 Å². The van der Waals surface area contributed by atoms with E-state index in [9.17, 15) is 4.79 Å². The number of nitrogens with one attached hydrogen (secondary N) is 2. The van der Waals surface area contributed by atoms with E-state index in [2.05, 4.69) is 76.2 Å². The molecule has 2 aromatic carbocycles. The van der Waals surface area contributed by atoms with Gasteiger partial charge in [0.15, 0.2) is 5.11 Å². The largest absolute Gasteiger partial charge is 0.375 e. The number of aryl methyl sites for hydroxylation is 2. The van der Waals surface area contributed by atoms with Gasteiger partial charge in [-0.2, -0.15) is 0 Å². The second-order valence-electron chi connectivity index (χ2n) is 9.59. The van der Waals surface area contributed by atoms with Crippen LogP contribution in [0.3, 0.4) is 0 Å². The molecule has 2 atom stereocenters. The fourth-order valence-corrected chi connectivity index (χ4v) is 5.86. The summed E-state index contributed by atoms with van der Waals surface area (Å²) < 4.78 is 7.21. The number of benzene rings is 2. The number of para-hydroxylation sites is 1. The van der Waals surface area contributed by atoms with E-state index in [0.717, 1.165) is 34.0 Å². The number of thiocarbonyl (C=S) groups is 1. The van der Waals surface area contributed by atoms with Gasteiger partial charge in [0.05, 0.1) is 28.5 Å². The predicted octanol–water partition coefficient (Wildman–Crippen LogP) is 6.21. The standard InChI is InChI=1S/C30H30ClN5O2S/c1-18-9-5-6-11-26(18)35-19(2)15-22(20(35)3)29-28(25-10-7-8-14-32-25)34-30(39)36(29)21-12-13-24(23(31)16-21)33-27(37)17-38-4/h5-16,28-29H,17H2,1-4H3,(H,33,37)(H,34,39). The molecule has 1 aliphatic rings. The Morgan fingerprint density at radius 3 is 2.56 bits per heavy atom. The van der Waals surface area contributed by atoms with E-state index in [1.807, 2.05) is 30.3 Å². The number of halogens is 1. The van der Waals surface area contributed by atoms with Gasteiger partial charge in [0.1, 0.15) is 6.61 Å². The highest BCUT2D eigenvalue weighted by Gasteiger charge is 2.42. The quantitative estimate of drug-likeness (QED) is 0.262. The third-order valence-corrected chi connectivity index (χ3v) is 7.65. The van der Waals surface area contributed by atoms with Gasteiger partial charge < -0.3 is 24.8 Å². The molecule has 1 aliphatic heterocycles. The molecule has 0 saturated carbocycles. The maximum Gasteiger partial charge on any atom is 0.250 e. The SMILES string of the molecule is COCC(=O)Nc1ccc(N2C(=S)NC(c3ccccn3)C2c2cc(C)n(-c3ccccc3C)c2C)cc1Cl. The van der Waals surface area contributed by atoms with Crippen molar-refractivity contribution in [3.05, 3.63) is 106 Å². The predicted molar refractivity (Wildman–Crippen MR) is 160 cm³/mol. The van der Waals surface area contributed by atoms with Crippen molar-refractivity contribution < 1.29 is 9.53 Å². The van der Waals surface area contributed by atoms with Crippen LogP contribution in [-0.2, 0) is 9.53 Å². The molecule has 2 unspecified atom stereocenters. The number of hydrogen-bond acceptors (Lipinski definition) is 4. The van der Waals surface area contributed by atoms with Crippen molar-refractivity contribution in [2.75, 3.05) is 23.9 Å². The molecule has 9 heteroatoms. The lowest BCUT2D eigenvalue weighted by Crippen LogP contribution is -2.29. The molecule has 0 spiro atoms. The second-order valence-corrected chi connectivity index (χ2v) is 10.4. The summed E-state index contributed by atoms with van der Waals surface area (Å²) >= 11 is 12.5. The minimum absolute atomic E-state index is 0.0530. The Morgan fingerprint density at radius 2 is 1.87 bits per heavy atom. The van der Waals surface area contributed by atoms with Gasteiger partial charge in [0.2, 0.25) is 5.91 Å². The number of ether oxygens (including phenoxy) is 1. The van der Waals surface area contributed by atoms with Crippen LogP contribution in [0, 0.1) is 20.8 Å². The van der Waals surface area contributed by atoms with Crippen LogP contribution in [0.4, 0.5) is 11.4 Å². The number of hydrogen-bond donors (Lipinski definition) is 2. The number of methoxy groups -OCH3 is 1. The van der Waals surface area contributed by atoms with Crippen molar-refractivity contribution in [1.29, 1.82) is 0 Å². The monoisotopic (exact) mass is 559 g/mol. The Hall–Kier alpha value is -3.72. The molecule has 0 bridgehead atoms. The van der Waals surface area contributed by atoms with E-state index in [1.54, 1.807) is 12.3 Å². The van der Waals surface area contributed by atoms with Crippen LogP contribution in [-0.4, -0.2) is 34.3 Å². The van der Waals surface area contributed by atoms with E-state index >= 15 is 0 Å². The zero-order valence-electron chi connectivity index (χ0n) is 22.2. The summed E-state index contributed by atoms with van der Waals surface area (Å²) in [6, 6.07) is 21.7. The van der Waals surface area contributed by atoms with Crippen molar-refractivity contribution in [2.45, 2.75) is 32.9 Å². The van der Waals surface area contributed by atoms with Crippen molar-refractivity contribution in [2.24, 2.45) is 0 Å². The normalized spacial score (nSPS) is 16.8. The first-order valence-electron chi connectivity index (χ1n) is 12.6. The van der Waals surface area contributed by atoms with Crippen LogP contribution in [0.1, 0.15) is 40.3 Å². The number of rotatable bonds is 7. The van der Waals surface area contributed by atoms with Crippen LogP contribution in [0.15, 0.2) is 72.9 Å². The Balaban J connectivity index is 1.62. The molecular formula is C30H30ClN5O2S. The van der Waals surface area contributed by atoms with Crippen LogP contribution < -0.4 is 15.5 Å². The first-order chi connectivity index (χ1) is 18.8. The molecule has 1 saturated heterocycles. The molecule has 39 heavy (non-hydrogen) atoms. The van der Waals surface area contributed by atoms with Gasteiger partial charge >= 0.3 is 0 Å². The summed E-state index contributed by atoms with van der Waals surface area (Å²) in [7, 11) is 1.47. The van der Waals surface area contributed by atoms with Gasteiger partial charge in [0, 0.05) is 36.1 Å². The molecule has 1 amide bonds. The molecule has 200 valence electrons. The third kappa shape index (κ3) is 5.15. The molecule has 4 aromatic rings. The number of carbonyl (C=O) groups is 1. The van der Waals surface area contributed by atoms with Crippen molar-refractivity contribution in [3.8, 4) is 5.69 Å². The molecule has 7 nitrogen and oxygen atoms in total. The van der Waals surface area contributed by atoms with Gasteiger partial charge in [0.25, 0.3) is 0 Å². The summed E-state index contributed by atoms with van der Waals surface area (Å²) in [5.41, 5.74) is 7.94. The van der Waals surface area contributed by atoms with E-state index in [-0.39, 0.29) is 24.6 Å². The van der Waals surface area contributed by atoms with Gasteiger partial charge in [-0.15, -0.1) is 0 Å². The van der Waals surface area contributed by atoms with E-state index in [0.29, 0.717) is 15.8 Å². The van der Waals surface area contributed by atoms with E-state index in [1.165, 1.54) is 12.7 Å². The zero-order valence-corrected chi connectivity index (χ0v) is 23.8. The summed E-state index contributed by atoms with van der Waals surface area (Å²) in [5, 5.41) is 7.28. The fourth-order valence-electron chi connectivity index (χ4n) is 5.29. The van der Waals surface area contributed by atoms with Crippen LogP contribution >= 0.6 is 23.8 Å². The third-order valence-electron chi connectivity index (χ3n) is 7.02. The van der Waals surface area contributed by atoms with Gasteiger partial charge in [-0.3, -0.25) is 9.78 Å². The van der Waals surface area contributed by atoms with Crippen molar-refractivity contribution in [1.82, 2.24) is 14.9 Å². The fraction of sp³-hybridized carbons (Fsp3) is 0.233. The average molecular weight is 560 g/mol. The Bertz CT molecular complexity index is 1540. The molecule has 3 heterocycles. The lowest BCUT2D eigenvalue weighted by Gasteiger charge is -2.28. The second kappa shape index (κ2) is 11.2. The van der Waals surface area contributed by atoms with E-state index in [4.69, 9.17) is 28.6 Å². The Kier molecular flexibility index (Phi) is 7.70. The Morgan fingerprint density at radius 1 is 1.10 bits per heavy atom. The molecular weight excluding hydrogens is 530 g/mol. The van der Waals surface area contributed by atoms with Gasteiger partial charge in [-0.05, 0) is 86.6 Å². The number of carbonyl (C=O) groups excluding carboxylic acids is 1. The number of nitrogens with zero attached hydrogens (tertiary/aromatic N) is 3. The smallest absolute Gasteiger partial charge is 0.250 e. The summed E-state index contributed by atoms with van der Waals surface area (Å²) in [5.74, 6) is -0.276. The van der Waals surface area contributed by atoms with Crippen molar-refractivity contribution in [3.63, 3.8) is 0 Å². The molecule has 2 N–H and O–H groups in total. The average Bonchev–Trinajstić information content (AvgIpc) is 3.41. The highest BCUT2D eigenvalue weighted by molar-refractivity contribution is 7.80. The topological polar surface area (TPSA) is 71.4 Å². The molecule has 5 rings (SSSR count). The van der Waals surface area contributed by atoms with E-state index < -0.39 is 0 Å². The maximum absolute atomic E-state index is 12.1. The molecule has 0 radical (unpaired) electrons. The summed E-state index contributed by atoms with van der Waals surface area (Å²) in [6.07, 6.45) is 1.80. The summed E-state index contributed by atoms with van der Waals surface area (Å²) in [6.45, 7) is 6.34. The summed E-state index contributed by atoms with van der Waals surface area (Å²) in [4.78, 5) is 18.8. The van der Waals surface area contributed by atoms with Crippen LogP contribution in [0.25, 0.3) is 5.69 Å². The minimum Gasteiger partial charge on any atom is -0.375 e. The first kappa shape index (κ1) is 26.9. The number of pyridine rings is 1. The van der Waals surface area contributed by atoms with Crippen LogP contribution in [0.5, 0.6) is 0 Å². The van der Waals surface area contributed by atoms with Crippen molar-refractivity contribution >= 4 is 46.2 Å². The highest BCUT2D eigenvalue weighted by Crippen LogP contribution is 2.44. The van der Waals surface area contributed by atoms with Gasteiger partial charge in [-0.1, -0.05) is 35.9 Å². The lowest BCUT2D eigenvalue weighted by molar-refractivity contribution is -0.119. The number of anilines is 2.